The summed E-state index contributed by atoms with van der Waals surface area (Å²) < 4.78 is 6.22. The van der Waals surface area contributed by atoms with Crippen LogP contribution < -0.4 is 5.32 Å². The van der Waals surface area contributed by atoms with Gasteiger partial charge in [0.15, 0.2) is 11.0 Å². The molecule has 8 heteroatoms. The Bertz CT molecular complexity index is 1140. The molecule has 28 heavy (non-hydrogen) atoms. The van der Waals surface area contributed by atoms with Gasteiger partial charge >= 0.3 is 0 Å². The molecule has 2 heterocycles. The molecule has 0 aliphatic heterocycles. The smallest absolute Gasteiger partial charge is 0.258 e. The molecular formula is C20H18N4O2S2. The number of anilines is 1. The minimum Gasteiger partial charge on any atom is -0.338 e. The Balaban J connectivity index is 1.51. The maximum Gasteiger partial charge on any atom is 0.258 e. The second kappa shape index (κ2) is 8.12. The van der Waals surface area contributed by atoms with E-state index < -0.39 is 0 Å². The highest BCUT2D eigenvalue weighted by molar-refractivity contribution is 7.98. The molecule has 4 rings (SSSR count). The number of rotatable bonds is 6. The van der Waals surface area contributed by atoms with E-state index in [0.29, 0.717) is 28.2 Å². The lowest BCUT2D eigenvalue weighted by molar-refractivity contribution is 0.102. The Labute approximate surface area is 170 Å². The molecule has 0 bridgehead atoms. The van der Waals surface area contributed by atoms with Gasteiger partial charge in [-0.15, -0.1) is 11.8 Å². The molecule has 0 spiro atoms. The van der Waals surface area contributed by atoms with E-state index in [0.717, 1.165) is 21.5 Å². The molecule has 1 N–H and O–H groups in total. The molecular weight excluding hydrogens is 392 g/mol. The third kappa shape index (κ3) is 4.07. The van der Waals surface area contributed by atoms with Crippen LogP contribution in [0.2, 0.25) is 0 Å². The van der Waals surface area contributed by atoms with Crippen LogP contribution in [0.25, 0.3) is 10.2 Å². The van der Waals surface area contributed by atoms with Gasteiger partial charge in [-0.1, -0.05) is 41.6 Å². The standard InChI is InChI=1S/C20H18N4O2S2/c1-3-13-8-9-15-17(10-13)28-20(22-15)23-19(25)14-6-4-5-7-16(14)27-11-18-21-12(2)24-26-18/h4-10H,3,11H2,1-2H3,(H,22,23,25). The van der Waals surface area contributed by atoms with E-state index in [1.54, 1.807) is 13.0 Å². The van der Waals surface area contributed by atoms with E-state index in [4.69, 9.17) is 4.52 Å². The average Bonchev–Trinajstić information content (AvgIpc) is 3.31. The monoisotopic (exact) mass is 410 g/mol. The molecule has 0 atom stereocenters. The van der Waals surface area contributed by atoms with Gasteiger partial charge in [0, 0.05) is 4.90 Å². The summed E-state index contributed by atoms with van der Waals surface area (Å²) in [6, 6.07) is 13.7. The van der Waals surface area contributed by atoms with Crippen LogP contribution in [0.15, 0.2) is 51.9 Å². The highest BCUT2D eigenvalue weighted by atomic mass is 32.2. The van der Waals surface area contributed by atoms with Crippen LogP contribution in [0.4, 0.5) is 5.13 Å². The van der Waals surface area contributed by atoms with Crippen LogP contribution >= 0.6 is 23.1 Å². The highest BCUT2D eigenvalue weighted by Crippen LogP contribution is 2.29. The van der Waals surface area contributed by atoms with Gasteiger partial charge in [-0.05, 0) is 43.2 Å². The minimum atomic E-state index is -0.181. The number of nitrogens with zero attached hydrogens (tertiary/aromatic N) is 3. The van der Waals surface area contributed by atoms with Crippen molar-refractivity contribution >= 4 is 44.4 Å². The highest BCUT2D eigenvalue weighted by Gasteiger charge is 2.15. The lowest BCUT2D eigenvalue weighted by Gasteiger charge is -2.07. The van der Waals surface area contributed by atoms with Gasteiger partial charge in [0.2, 0.25) is 5.89 Å². The lowest BCUT2D eigenvalue weighted by atomic mass is 10.2. The first-order valence-corrected chi connectivity index (χ1v) is 10.6. The molecule has 6 nitrogen and oxygen atoms in total. The fourth-order valence-electron chi connectivity index (χ4n) is 2.73. The molecule has 2 aromatic carbocycles. The summed E-state index contributed by atoms with van der Waals surface area (Å²) in [5.74, 6) is 1.46. The van der Waals surface area contributed by atoms with Crippen LogP contribution in [-0.2, 0) is 12.2 Å². The number of fused-ring (bicyclic) bond motifs is 1. The number of carbonyl (C=O) groups excluding carboxylic acids is 1. The molecule has 0 saturated carbocycles. The Hall–Kier alpha value is -2.71. The summed E-state index contributed by atoms with van der Waals surface area (Å²) in [6.45, 7) is 3.90. The first-order chi connectivity index (χ1) is 13.6. The molecule has 0 fully saturated rings. The van der Waals surface area contributed by atoms with Crippen LogP contribution in [0.5, 0.6) is 0 Å². The second-order valence-corrected chi connectivity index (χ2v) is 8.20. The zero-order valence-electron chi connectivity index (χ0n) is 15.4. The van der Waals surface area contributed by atoms with Crippen LogP contribution in [-0.4, -0.2) is 21.0 Å². The number of benzene rings is 2. The van der Waals surface area contributed by atoms with E-state index in [-0.39, 0.29) is 5.91 Å². The molecule has 4 aromatic rings. The number of hydrogen-bond donors (Lipinski definition) is 1. The quantitative estimate of drug-likeness (QED) is 0.446. The number of thioether (sulfide) groups is 1. The van der Waals surface area contributed by atoms with Gasteiger partial charge in [0.05, 0.1) is 21.5 Å². The van der Waals surface area contributed by atoms with Gasteiger partial charge in [0.1, 0.15) is 0 Å². The van der Waals surface area contributed by atoms with Crippen molar-refractivity contribution in [2.45, 2.75) is 30.9 Å². The van der Waals surface area contributed by atoms with Crippen molar-refractivity contribution in [3.05, 3.63) is 65.3 Å². The van der Waals surface area contributed by atoms with Crippen molar-refractivity contribution in [3.63, 3.8) is 0 Å². The molecule has 2 aromatic heterocycles. The number of aryl methyl sites for hydroxylation is 2. The summed E-state index contributed by atoms with van der Waals surface area (Å²) in [4.78, 5) is 22.4. The predicted molar refractivity (Wildman–Crippen MR) is 112 cm³/mol. The van der Waals surface area contributed by atoms with E-state index in [2.05, 4.69) is 39.5 Å². The SMILES string of the molecule is CCc1ccc2nc(NC(=O)c3ccccc3SCc3nc(C)no3)sc2c1. The number of nitrogens with one attached hydrogen (secondary N) is 1. The minimum absolute atomic E-state index is 0.181. The second-order valence-electron chi connectivity index (χ2n) is 6.15. The Morgan fingerprint density at radius 1 is 1.21 bits per heavy atom. The van der Waals surface area contributed by atoms with Gasteiger partial charge < -0.3 is 4.52 Å². The van der Waals surface area contributed by atoms with E-state index >= 15 is 0 Å². The molecule has 0 unspecified atom stereocenters. The van der Waals surface area contributed by atoms with Crippen molar-refractivity contribution in [1.82, 2.24) is 15.1 Å². The lowest BCUT2D eigenvalue weighted by Crippen LogP contribution is -2.12. The maximum atomic E-state index is 12.8. The number of hydrogen-bond acceptors (Lipinski definition) is 7. The number of amides is 1. The van der Waals surface area contributed by atoms with Crippen LogP contribution in [0.3, 0.4) is 0 Å². The van der Waals surface area contributed by atoms with Gasteiger partial charge in [-0.25, -0.2) is 4.98 Å². The molecule has 0 aliphatic rings. The van der Waals surface area contributed by atoms with E-state index in [9.17, 15) is 4.79 Å². The first-order valence-electron chi connectivity index (χ1n) is 8.84. The van der Waals surface area contributed by atoms with E-state index in [1.165, 1.54) is 28.7 Å². The van der Waals surface area contributed by atoms with Crippen molar-refractivity contribution in [1.29, 1.82) is 0 Å². The summed E-state index contributed by atoms with van der Waals surface area (Å²) in [7, 11) is 0. The zero-order valence-corrected chi connectivity index (χ0v) is 17.1. The summed E-state index contributed by atoms with van der Waals surface area (Å²) in [5.41, 5.74) is 2.75. The third-order valence-electron chi connectivity index (χ3n) is 4.13. The van der Waals surface area contributed by atoms with Gasteiger partial charge in [-0.2, -0.15) is 4.98 Å². The summed E-state index contributed by atoms with van der Waals surface area (Å²) >= 11 is 2.97. The topological polar surface area (TPSA) is 80.9 Å². The Morgan fingerprint density at radius 3 is 2.86 bits per heavy atom. The Morgan fingerprint density at radius 2 is 2.07 bits per heavy atom. The molecule has 142 valence electrons. The maximum absolute atomic E-state index is 12.8. The predicted octanol–water partition coefficient (Wildman–Crippen LogP) is 5.09. The summed E-state index contributed by atoms with van der Waals surface area (Å²) in [6.07, 6.45) is 0.972. The van der Waals surface area contributed by atoms with Gasteiger partial charge in [0.25, 0.3) is 5.91 Å². The van der Waals surface area contributed by atoms with E-state index in [1.807, 2.05) is 24.3 Å². The molecule has 0 radical (unpaired) electrons. The van der Waals surface area contributed by atoms with Gasteiger partial charge in [-0.3, -0.25) is 10.1 Å². The van der Waals surface area contributed by atoms with Crippen molar-refractivity contribution in [2.24, 2.45) is 0 Å². The number of carbonyl (C=O) groups is 1. The fourth-order valence-corrected chi connectivity index (χ4v) is 4.54. The normalized spacial score (nSPS) is 11.1. The summed E-state index contributed by atoms with van der Waals surface area (Å²) in [5, 5.41) is 7.32. The molecule has 0 saturated heterocycles. The van der Waals surface area contributed by atoms with Crippen molar-refractivity contribution < 1.29 is 9.32 Å². The molecule has 1 amide bonds. The number of thiazole rings is 1. The average molecular weight is 411 g/mol. The zero-order chi connectivity index (χ0) is 19.5. The fraction of sp³-hybridized carbons (Fsp3) is 0.200. The third-order valence-corrected chi connectivity index (χ3v) is 6.13. The molecule has 0 aliphatic carbocycles. The van der Waals surface area contributed by atoms with Crippen molar-refractivity contribution in [3.8, 4) is 0 Å². The van der Waals surface area contributed by atoms with Crippen molar-refractivity contribution in [2.75, 3.05) is 5.32 Å². The Kier molecular flexibility index (Phi) is 5.40. The van der Waals surface area contributed by atoms with Crippen LogP contribution in [0, 0.1) is 6.92 Å². The number of aromatic nitrogens is 3. The largest absolute Gasteiger partial charge is 0.338 e. The first kappa shape index (κ1) is 18.6. The van der Waals surface area contributed by atoms with Crippen LogP contribution in [0.1, 0.15) is 34.6 Å².